The minimum absolute atomic E-state index is 0.732. The predicted octanol–water partition coefficient (Wildman–Crippen LogP) is 2.25. The normalized spacial score (nSPS) is 30.6. The zero-order valence-electron chi connectivity index (χ0n) is 10.2. The maximum atomic E-state index is 3.42. The van der Waals surface area contributed by atoms with Crippen molar-refractivity contribution in [3.05, 3.63) is 0 Å². The van der Waals surface area contributed by atoms with Crippen LogP contribution < -0.4 is 5.32 Å². The molecule has 0 spiro atoms. The smallest absolute Gasteiger partial charge is 0.0110 e. The molecule has 84 valence electrons. The number of rotatable bonds is 4. The van der Waals surface area contributed by atoms with E-state index in [-0.39, 0.29) is 0 Å². The van der Waals surface area contributed by atoms with Crippen LogP contribution in [0.15, 0.2) is 0 Å². The highest BCUT2D eigenvalue weighted by atomic mass is 15.2. The molecule has 1 aliphatic carbocycles. The number of hydrogen-bond donors (Lipinski definition) is 1. The summed E-state index contributed by atoms with van der Waals surface area (Å²) in [6, 6.07) is 2.28. The molecule has 0 aromatic carbocycles. The molecule has 1 N–H and O–H groups in total. The van der Waals surface area contributed by atoms with E-state index < -0.39 is 0 Å². The predicted molar refractivity (Wildman–Crippen MR) is 62.6 cm³/mol. The van der Waals surface area contributed by atoms with E-state index in [2.05, 4.69) is 38.2 Å². The lowest BCUT2D eigenvalue weighted by molar-refractivity contribution is 0.130. The molecule has 1 rings (SSSR count). The van der Waals surface area contributed by atoms with Crippen molar-refractivity contribution in [3.63, 3.8) is 0 Å². The summed E-state index contributed by atoms with van der Waals surface area (Å²) < 4.78 is 0. The summed E-state index contributed by atoms with van der Waals surface area (Å²) >= 11 is 0. The van der Waals surface area contributed by atoms with Gasteiger partial charge in [-0.15, -0.1) is 0 Å². The maximum absolute atomic E-state index is 3.42. The van der Waals surface area contributed by atoms with Gasteiger partial charge in [0, 0.05) is 18.1 Å². The second kappa shape index (κ2) is 5.72. The molecule has 3 atom stereocenters. The Morgan fingerprint density at radius 2 is 2.14 bits per heavy atom. The van der Waals surface area contributed by atoms with Gasteiger partial charge in [-0.3, -0.25) is 0 Å². The summed E-state index contributed by atoms with van der Waals surface area (Å²) in [7, 11) is 4.38. The molecule has 2 heteroatoms. The van der Waals surface area contributed by atoms with Crippen LogP contribution in [0.1, 0.15) is 46.0 Å². The third kappa shape index (κ3) is 2.96. The topological polar surface area (TPSA) is 15.3 Å². The second-order valence-electron chi connectivity index (χ2n) is 4.73. The van der Waals surface area contributed by atoms with Gasteiger partial charge in [-0.05, 0) is 46.7 Å². The molecule has 0 amide bonds. The number of nitrogens with zero attached hydrogens (tertiary/aromatic N) is 1. The van der Waals surface area contributed by atoms with Gasteiger partial charge in [0.15, 0.2) is 0 Å². The monoisotopic (exact) mass is 198 g/mol. The molecule has 1 saturated carbocycles. The molecule has 0 aromatic rings. The van der Waals surface area contributed by atoms with Crippen molar-refractivity contribution < 1.29 is 0 Å². The van der Waals surface area contributed by atoms with Crippen molar-refractivity contribution in [3.8, 4) is 0 Å². The van der Waals surface area contributed by atoms with E-state index in [4.69, 9.17) is 0 Å². The minimum atomic E-state index is 0.732. The molecule has 2 nitrogen and oxygen atoms in total. The highest BCUT2D eigenvalue weighted by Gasteiger charge is 2.25. The quantitative estimate of drug-likeness (QED) is 0.745. The SMILES string of the molecule is CCC(C)N(C)C1CCCC(NC)C1. The Balaban J connectivity index is 2.42. The molecule has 14 heavy (non-hydrogen) atoms. The Bertz CT molecular complexity index is 156. The summed E-state index contributed by atoms with van der Waals surface area (Å²) in [5.41, 5.74) is 0. The second-order valence-corrected chi connectivity index (χ2v) is 4.73. The summed E-state index contributed by atoms with van der Waals surface area (Å²) in [5, 5.41) is 3.42. The number of nitrogens with one attached hydrogen (secondary N) is 1. The third-order valence-electron chi connectivity index (χ3n) is 3.92. The Labute approximate surface area is 89.1 Å². The summed E-state index contributed by atoms with van der Waals surface area (Å²) in [6.45, 7) is 4.61. The van der Waals surface area contributed by atoms with Crippen LogP contribution in [0.3, 0.4) is 0 Å². The summed E-state index contributed by atoms with van der Waals surface area (Å²) in [4.78, 5) is 2.57. The fraction of sp³-hybridized carbons (Fsp3) is 1.00. The first kappa shape index (κ1) is 12.0. The van der Waals surface area contributed by atoms with Crippen molar-refractivity contribution in [2.75, 3.05) is 14.1 Å². The van der Waals surface area contributed by atoms with Crippen LogP contribution in [-0.2, 0) is 0 Å². The highest BCUT2D eigenvalue weighted by molar-refractivity contribution is 4.83. The van der Waals surface area contributed by atoms with Gasteiger partial charge in [0.1, 0.15) is 0 Å². The maximum Gasteiger partial charge on any atom is 0.0110 e. The fourth-order valence-corrected chi connectivity index (χ4v) is 2.44. The van der Waals surface area contributed by atoms with Gasteiger partial charge in [-0.2, -0.15) is 0 Å². The highest BCUT2D eigenvalue weighted by Crippen LogP contribution is 2.23. The molecule has 3 unspecified atom stereocenters. The average Bonchev–Trinajstić information content (AvgIpc) is 2.27. The summed E-state index contributed by atoms with van der Waals surface area (Å²) in [5.74, 6) is 0. The van der Waals surface area contributed by atoms with E-state index in [1.54, 1.807) is 0 Å². The van der Waals surface area contributed by atoms with Gasteiger partial charge in [-0.25, -0.2) is 0 Å². The molecule has 0 heterocycles. The third-order valence-corrected chi connectivity index (χ3v) is 3.92. The van der Waals surface area contributed by atoms with Gasteiger partial charge in [0.05, 0.1) is 0 Å². The molecule has 0 aromatic heterocycles. The fourth-order valence-electron chi connectivity index (χ4n) is 2.44. The van der Waals surface area contributed by atoms with Crippen molar-refractivity contribution in [2.45, 2.75) is 64.1 Å². The zero-order chi connectivity index (χ0) is 10.6. The molecule has 1 fully saturated rings. The van der Waals surface area contributed by atoms with E-state index in [0.29, 0.717) is 0 Å². The van der Waals surface area contributed by atoms with Gasteiger partial charge in [0.25, 0.3) is 0 Å². The van der Waals surface area contributed by atoms with Crippen LogP contribution in [0.2, 0.25) is 0 Å². The van der Waals surface area contributed by atoms with E-state index in [0.717, 1.165) is 18.1 Å². The Morgan fingerprint density at radius 1 is 1.43 bits per heavy atom. The van der Waals surface area contributed by atoms with Crippen LogP contribution in [0.4, 0.5) is 0 Å². The van der Waals surface area contributed by atoms with Gasteiger partial charge >= 0.3 is 0 Å². The van der Waals surface area contributed by atoms with Crippen LogP contribution in [0.25, 0.3) is 0 Å². The first-order valence-electron chi connectivity index (χ1n) is 6.08. The Kier molecular flexibility index (Phi) is 4.90. The molecular formula is C12H26N2. The van der Waals surface area contributed by atoms with E-state index in [9.17, 15) is 0 Å². The molecule has 0 saturated heterocycles. The summed E-state index contributed by atoms with van der Waals surface area (Å²) in [6.07, 6.45) is 6.73. The van der Waals surface area contributed by atoms with Gasteiger partial charge in [0.2, 0.25) is 0 Å². The van der Waals surface area contributed by atoms with Crippen LogP contribution >= 0.6 is 0 Å². The Hall–Kier alpha value is -0.0800. The van der Waals surface area contributed by atoms with Crippen molar-refractivity contribution in [1.29, 1.82) is 0 Å². The molecular weight excluding hydrogens is 172 g/mol. The van der Waals surface area contributed by atoms with Crippen LogP contribution in [-0.4, -0.2) is 37.1 Å². The van der Waals surface area contributed by atoms with Gasteiger partial charge in [-0.1, -0.05) is 13.3 Å². The van der Waals surface area contributed by atoms with Crippen molar-refractivity contribution >= 4 is 0 Å². The first-order chi connectivity index (χ1) is 6.69. The minimum Gasteiger partial charge on any atom is -0.317 e. The van der Waals surface area contributed by atoms with Crippen LogP contribution in [0, 0.1) is 0 Å². The zero-order valence-corrected chi connectivity index (χ0v) is 10.2. The molecule has 0 radical (unpaired) electrons. The van der Waals surface area contributed by atoms with Crippen molar-refractivity contribution in [1.82, 2.24) is 10.2 Å². The van der Waals surface area contributed by atoms with Crippen molar-refractivity contribution in [2.24, 2.45) is 0 Å². The Morgan fingerprint density at radius 3 is 2.71 bits per heavy atom. The number of hydrogen-bond acceptors (Lipinski definition) is 2. The largest absolute Gasteiger partial charge is 0.317 e. The van der Waals surface area contributed by atoms with Gasteiger partial charge < -0.3 is 10.2 Å². The lowest BCUT2D eigenvalue weighted by Crippen LogP contribution is -2.45. The molecule has 0 aliphatic heterocycles. The first-order valence-corrected chi connectivity index (χ1v) is 6.08. The van der Waals surface area contributed by atoms with E-state index in [1.807, 2.05) is 0 Å². The average molecular weight is 198 g/mol. The standard InChI is InChI=1S/C12H26N2/c1-5-10(2)14(4)12-8-6-7-11(9-12)13-3/h10-13H,5-9H2,1-4H3. The van der Waals surface area contributed by atoms with Crippen LogP contribution in [0.5, 0.6) is 0 Å². The molecule has 0 bridgehead atoms. The molecule has 1 aliphatic rings. The lowest BCUT2D eigenvalue weighted by Gasteiger charge is -2.38. The van der Waals surface area contributed by atoms with E-state index in [1.165, 1.54) is 32.1 Å². The lowest BCUT2D eigenvalue weighted by atomic mass is 9.89. The van der Waals surface area contributed by atoms with E-state index >= 15 is 0 Å².